The van der Waals surface area contributed by atoms with Gasteiger partial charge in [-0.05, 0) is 29.8 Å². The van der Waals surface area contributed by atoms with Crippen LogP contribution in [-0.2, 0) is 19.4 Å². The number of amides is 2. The van der Waals surface area contributed by atoms with E-state index in [0.29, 0.717) is 10.6 Å². The SMILES string of the molecule is COC(=O)C1=C(CS(=O)(=O)c2ccc(Cl)cc2)NC(=O)N[C@H]1c1ccccc1. The minimum atomic E-state index is -3.85. The van der Waals surface area contributed by atoms with Gasteiger partial charge in [0.1, 0.15) is 0 Å². The van der Waals surface area contributed by atoms with E-state index >= 15 is 0 Å². The number of ether oxygens (including phenoxy) is 1. The molecule has 0 aromatic heterocycles. The van der Waals surface area contributed by atoms with E-state index in [1.54, 1.807) is 30.3 Å². The van der Waals surface area contributed by atoms with Crippen molar-refractivity contribution in [3.8, 4) is 0 Å². The van der Waals surface area contributed by atoms with Crippen molar-refractivity contribution in [2.75, 3.05) is 12.9 Å². The Hall–Kier alpha value is -2.84. The van der Waals surface area contributed by atoms with Crippen LogP contribution in [0, 0.1) is 0 Å². The zero-order valence-corrected chi connectivity index (χ0v) is 16.4. The highest BCUT2D eigenvalue weighted by Gasteiger charge is 2.35. The minimum absolute atomic E-state index is 0.0256. The van der Waals surface area contributed by atoms with E-state index in [-0.39, 0.29) is 16.2 Å². The number of urea groups is 1. The first-order valence-electron chi connectivity index (χ1n) is 8.24. The molecule has 1 aliphatic heterocycles. The zero-order valence-electron chi connectivity index (χ0n) is 14.8. The van der Waals surface area contributed by atoms with Crippen LogP contribution in [0.3, 0.4) is 0 Å². The highest BCUT2D eigenvalue weighted by Crippen LogP contribution is 2.29. The standard InChI is InChI=1S/C19H17ClN2O5S/c1-27-18(23)16-15(11-28(25,26)14-9-7-13(20)8-10-14)21-19(24)22-17(16)12-5-3-2-4-6-12/h2-10,17H,11H2,1H3,(H2,21,22,24)/t17-/m0/s1. The van der Waals surface area contributed by atoms with Gasteiger partial charge in [0.25, 0.3) is 0 Å². The molecule has 2 aromatic carbocycles. The van der Waals surface area contributed by atoms with Crippen LogP contribution in [0.5, 0.6) is 0 Å². The molecule has 9 heteroatoms. The monoisotopic (exact) mass is 420 g/mol. The quantitative estimate of drug-likeness (QED) is 0.724. The Labute approximate surface area is 167 Å². The summed E-state index contributed by atoms with van der Waals surface area (Å²) in [6.45, 7) is 0. The van der Waals surface area contributed by atoms with Crippen molar-refractivity contribution in [2.45, 2.75) is 10.9 Å². The van der Waals surface area contributed by atoms with E-state index in [1.807, 2.05) is 0 Å². The fraction of sp³-hybridized carbons (Fsp3) is 0.158. The topological polar surface area (TPSA) is 102 Å². The van der Waals surface area contributed by atoms with Crippen molar-refractivity contribution in [3.05, 3.63) is 76.5 Å². The van der Waals surface area contributed by atoms with Gasteiger partial charge in [-0.1, -0.05) is 41.9 Å². The average Bonchev–Trinajstić information content (AvgIpc) is 2.67. The molecule has 1 heterocycles. The molecule has 1 atom stereocenters. The lowest BCUT2D eigenvalue weighted by Crippen LogP contribution is -2.47. The third-order valence-corrected chi connectivity index (χ3v) is 6.11. The molecular formula is C19H17ClN2O5S. The highest BCUT2D eigenvalue weighted by atomic mass is 35.5. The molecule has 0 saturated heterocycles. The molecule has 0 bridgehead atoms. The number of nitrogens with one attached hydrogen (secondary N) is 2. The molecule has 0 saturated carbocycles. The van der Waals surface area contributed by atoms with Gasteiger partial charge in [0.15, 0.2) is 9.84 Å². The van der Waals surface area contributed by atoms with Crippen LogP contribution in [0.2, 0.25) is 5.02 Å². The van der Waals surface area contributed by atoms with E-state index in [9.17, 15) is 18.0 Å². The maximum atomic E-state index is 12.8. The lowest BCUT2D eigenvalue weighted by Gasteiger charge is -2.29. The molecule has 2 aromatic rings. The molecule has 2 N–H and O–H groups in total. The summed E-state index contributed by atoms with van der Waals surface area (Å²) < 4.78 is 30.5. The van der Waals surface area contributed by atoms with Crippen molar-refractivity contribution in [3.63, 3.8) is 0 Å². The maximum absolute atomic E-state index is 12.8. The van der Waals surface area contributed by atoms with Crippen LogP contribution in [-0.4, -0.2) is 33.3 Å². The third kappa shape index (κ3) is 4.18. The van der Waals surface area contributed by atoms with E-state index in [1.165, 1.54) is 31.4 Å². The Morgan fingerprint density at radius 2 is 1.75 bits per heavy atom. The van der Waals surface area contributed by atoms with Gasteiger partial charge in [-0.15, -0.1) is 0 Å². The van der Waals surface area contributed by atoms with Crippen LogP contribution in [0.1, 0.15) is 11.6 Å². The van der Waals surface area contributed by atoms with Gasteiger partial charge in [-0.2, -0.15) is 0 Å². The number of esters is 1. The number of rotatable bonds is 5. The van der Waals surface area contributed by atoms with Gasteiger partial charge < -0.3 is 15.4 Å². The van der Waals surface area contributed by atoms with Crippen molar-refractivity contribution >= 4 is 33.4 Å². The van der Waals surface area contributed by atoms with Crippen LogP contribution >= 0.6 is 11.6 Å². The van der Waals surface area contributed by atoms with Gasteiger partial charge in [0.2, 0.25) is 0 Å². The third-order valence-electron chi connectivity index (χ3n) is 4.20. The second-order valence-electron chi connectivity index (χ2n) is 6.04. The predicted octanol–water partition coefficient (Wildman–Crippen LogP) is 2.59. The Kier molecular flexibility index (Phi) is 5.71. The van der Waals surface area contributed by atoms with E-state index < -0.39 is 33.6 Å². The number of hydrogen-bond acceptors (Lipinski definition) is 5. The molecule has 0 radical (unpaired) electrons. The van der Waals surface area contributed by atoms with E-state index in [4.69, 9.17) is 16.3 Å². The zero-order chi connectivity index (χ0) is 20.3. The Balaban J connectivity index is 2.08. The average molecular weight is 421 g/mol. The van der Waals surface area contributed by atoms with Gasteiger partial charge in [-0.25, -0.2) is 18.0 Å². The van der Waals surface area contributed by atoms with Gasteiger partial charge in [0, 0.05) is 10.7 Å². The summed E-state index contributed by atoms with van der Waals surface area (Å²) >= 11 is 5.81. The lowest BCUT2D eigenvalue weighted by atomic mass is 9.96. The fourth-order valence-electron chi connectivity index (χ4n) is 2.89. The fourth-order valence-corrected chi connectivity index (χ4v) is 4.34. The van der Waals surface area contributed by atoms with Gasteiger partial charge in [0.05, 0.1) is 29.4 Å². The number of halogens is 1. The van der Waals surface area contributed by atoms with Gasteiger partial charge >= 0.3 is 12.0 Å². The van der Waals surface area contributed by atoms with Crippen LogP contribution in [0.4, 0.5) is 4.79 Å². The number of carbonyl (C=O) groups is 2. The Morgan fingerprint density at radius 1 is 1.11 bits per heavy atom. The molecule has 0 aliphatic carbocycles. The van der Waals surface area contributed by atoms with Crippen LogP contribution < -0.4 is 10.6 Å². The van der Waals surface area contributed by atoms with E-state index in [2.05, 4.69) is 10.6 Å². The largest absolute Gasteiger partial charge is 0.466 e. The first kappa shape index (κ1) is 19.9. The smallest absolute Gasteiger partial charge is 0.338 e. The van der Waals surface area contributed by atoms with Gasteiger partial charge in [-0.3, -0.25) is 0 Å². The molecule has 0 unspecified atom stereocenters. The molecule has 0 spiro atoms. The molecule has 1 aliphatic rings. The molecule has 28 heavy (non-hydrogen) atoms. The normalized spacial score (nSPS) is 16.9. The van der Waals surface area contributed by atoms with Crippen molar-refractivity contribution in [1.82, 2.24) is 10.6 Å². The number of carbonyl (C=O) groups excluding carboxylic acids is 2. The van der Waals surface area contributed by atoms with Crippen LogP contribution in [0.25, 0.3) is 0 Å². The molecular weight excluding hydrogens is 404 g/mol. The predicted molar refractivity (Wildman–Crippen MR) is 103 cm³/mol. The summed E-state index contributed by atoms with van der Waals surface area (Å²) in [5.41, 5.74) is 0.629. The molecule has 2 amide bonds. The Bertz CT molecular complexity index is 1030. The number of methoxy groups -OCH3 is 1. The highest BCUT2D eigenvalue weighted by molar-refractivity contribution is 7.91. The molecule has 7 nitrogen and oxygen atoms in total. The van der Waals surface area contributed by atoms with Crippen molar-refractivity contribution in [1.29, 1.82) is 0 Å². The van der Waals surface area contributed by atoms with Crippen molar-refractivity contribution < 1.29 is 22.7 Å². The molecule has 146 valence electrons. The Morgan fingerprint density at radius 3 is 2.36 bits per heavy atom. The second-order valence-corrected chi connectivity index (χ2v) is 8.46. The second kappa shape index (κ2) is 8.04. The first-order valence-corrected chi connectivity index (χ1v) is 10.3. The minimum Gasteiger partial charge on any atom is -0.466 e. The van der Waals surface area contributed by atoms with Crippen molar-refractivity contribution in [2.24, 2.45) is 0 Å². The summed E-state index contributed by atoms with van der Waals surface area (Å²) in [5, 5.41) is 5.48. The summed E-state index contributed by atoms with van der Waals surface area (Å²) in [5.74, 6) is -1.31. The number of sulfone groups is 1. The summed E-state index contributed by atoms with van der Waals surface area (Å²) in [6, 6.07) is 13.0. The molecule has 3 rings (SSSR count). The molecule has 0 fully saturated rings. The summed E-state index contributed by atoms with van der Waals surface area (Å²) in [6.07, 6.45) is 0. The maximum Gasteiger partial charge on any atom is 0.338 e. The number of benzene rings is 2. The summed E-state index contributed by atoms with van der Waals surface area (Å²) in [4.78, 5) is 24.6. The van der Waals surface area contributed by atoms with Crippen LogP contribution in [0.15, 0.2) is 70.8 Å². The first-order chi connectivity index (χ1) is 13.3. The summed E-state index contributed by atoms with van der Waals surface area (Å²) in [7, 11) is -2.65. The van der Waals surface area contributed by atoms with E-state index in [0.717, 1.165) is 0 Å². The lowest BCUT2D eigenvalue weighted by molar-refractivity contribution is -0.136. The number of hydrogen-bond donors (Lipinski definition) is 2.